The molecule has 0 aliphatic carbocycles. The maximum absolute atomic E-state index is 12.0. The van der Waals surface area contributed by atoms with Crippen molar-refractivity contribution < 1.29 is 19.4 Å². The summed E-state index contributed by atoms with van der Waals surface area (Å²) in [5.74, 6) is 0.127. The SMILES string of the molecule is C[C@@H]1[C@H](CSc2nc3ccccc3s2)O[C@H](c2ccc(-c3cccc(CNC(=O)C(Cl)(Cl)Cl)c3)cc2)O[C@@H]1c1ccc(CO)cc1. The average Bonchev–Trinajstić information content (AvgIpc) is 3.50. The standard InChI is InChI=1S/C35H31Cl3N2O4S2/c1-21-29(20-45-34-40-28-7-2-3-8-30(28)46-34)43-32(44-31(21)25-11-9-22(19-41)10-12-25)26-15-13-24(14-16-26)27-6-4-5-23(17-27)18-39-33(42)35(36,37)38/h2-17,21,29,31-32,41H,18-20H2,1H3,(H,39,42)/t21-,29+,31+,32+/m1/s1. The fraction of sp³-hybridized carbons (Fsp3) is 0.257. The number of carbonyl (C=O) groups excluding carboxylic acids is 1. The number of amides is 1. The Morgan fingerprint density at radius 3 is 2.37 bits per heavy atom. The van der Waals surface area contributed by atoms with Gasteiger partial charge in [-0.2, -0.15) is 0 Å². The van der Waals surface area contributed by atoms with Crippen molar-refractivity contribution in [2.24, 2.45) is 5.92 Å². The van der Waals surface area contributed by atoms with Crippen LogP contribution in [0.15, 0.2) is 101 Å². The van der Waals surface area contributed by atoms with Crippen molar-refractivity contribution in [2.75, 3.05) is 5.75 Å². The minimum Gasteiger partial charge on any atom is -0.392 e. The first kappa shape index (κ1) is 33.2. The maximum atomic E-state index is 12.0. The lowest BCUT2D eigenvalue weighted by atomic mass is 9.91. The van der Waals surface area contributed by atoms with E-state index in [1.54, 1.807) is 23.1 Å². The molecule has 4 aromatic carbocycles. The predicted molar refractivity (Wildman–Crippen MR) is 187 cm³/mol. The van der Waals surface area contributed by atoms with Crippen LogP contribution < -0.4 is 5.32 Å². The Morgan fingerprint density at radius 2 is 1.65 bits per heavy atom. The number of benzene rings is 4. The Bertz CT molecular complexity index is 1760. The Labute approximate surface area is 291 Å². The van der Waals surface area contributed by atoms with E-state index in [1.165, 1.54) is 4.70 Å². The van der Waals surface area contributed by atoms with Crippen molar-refractivity contribution in [3.8, 4) is 11.1 Å². The summed E-state index contributed by atoms with van der Waals surface area (Å²) >= 11 is 20.4. The molecule has 6 rings (SSSR count). The number of aliphatic hydroxyl groups is 1. The number of halogens is 3. The van der Waals surface area contributed by atoms with Gasteiger partial charge >= 0.3 is 0 Å². The lowest BCUT2D eigenvalue weighted by Gasteiger charge is -2.41. The van der Waals surface area contributed by atoms with E-state index < -0.39 is 16.0 Å². The van der Waals surface area contributed by atoms with Gasteiger partial charge in [-0.1, -0.05) is 132 Å². The third kappa shape index (κ3) is 7.89. The monoisotopic (exact) mass is 712 g/mol. The number of aliphatic hydroxyl groups excluding tert-OH is 1. The number of rotatable bonds is 9. The third-order valence-corrected chi connectivity index (χ3v) is 10.7. The summed E-state index contributed by atoms with van der Waals surface area (Å²) in [5, 5.41) is 12.2. The number of hydrogen-bond donors (Lipinski definition) is 2. The van der Waals surface area contributed by atoms with Crippen molar-refractivity contribution in [2.45, 2.75) is 46.7 Å². The number of nitrogens with zero attached hydrogens (tertiary/aromatic N) is 1. The van der Waals surface area contributed by atoms with Crippen LogP contribution in [0, 0.1) is 5.92 Å². The number of thioether (sulfide) groups is 1. The highest BCUT2D eigenvalue weighted by Crippen LogP contribution is 2.44. The van der Waals surface area contributed by atoms with E-state index in [0.29, 0.717) is 0 Å². The molecule has 0 unspecified atom stereocenters. The number of thiazole rings is 1. The highest BCUT2D eigenvalue weighted by Gasteiger charge is 2.38. The van der Waals surface area contributed by atoms with E-state index in [-0.39, 0.29) is 31.3 Å². The van der Waals surface area contributed by atoms with Crippen molar-refractivity contribution in [3.63, 3.8) is 0 Å². The predicted octanol–water partition coefficient (Wildman–Crippen LogP) is 9.03. The van der Waals surface area contributed by atoms with Crippen LogP contribution in [-0.4, -0.2) is 31.6 Å². The summed E-state index contributed by atoms with van der Waals surface area (Å²) in [6.07, 6.45) is -0.874. The van der Waals surface area contributed by atoms with Gasteiger partial charge in [-0.15, -0.1) is 11.3 Å². The van der Waals surface area contributed by atoms with E-state index in [4.69, 9.17) is 49.3 Å². The molecule has 1 aromatic heterocycles. The summed E-state index contributed by atoms with van der Waals surface area (Å²) in [4.78, 5) is 16.8. The summed E-state index contributed by atoms with van der Waals surface area (Å²) in [6.45, 7) is 2.39. The summed E-state index contributed by atoms with van der Waals surface area (Å²) in [5.41, 5.74) is 6.68. The van der Waals surface area contributed by atoms with Gasteiger partial charge in [0.25, 0.3) is 9.70 Å². The first-order valence-electron chi connectivity index (χ1n) is 14.7. The number of carbonyl (C=O) groups is 1. The molecule has 1 fully saturated rings. The van der Waals surface area contributed by atoms with Gasteiger partial charge in [0.2, 0.25) is 0 Å². The fourth-order valence-corrected chi connectivity index (χ4v) is 7.81. The van der Waals surface area contributed by atoms with Crippen LogP contribution >= 0.6 is 57.9 Å². The molecule has 5 aromatic rings. The Hall–Kier alpha value is -2.66. The number of hydrogen-bond acceptors (Lipinski definition) is 7. The van der Waals surface area contributed by atoms with Crippen molar-refractivity contribution in [3.05, 3.63) is 119 Å². The lowest BCUT2D eigenvalue weighted by molar-refractivity contribution is -0.268. The zero-order valence-electron chi connectivity index (χ0n) is 24.7. The zero-order valence-corrected chi connectivity index (χ0v) is 28.6. The van der Waals surface area contributed by atoms with E-state index in [9.17, 15) is 9.90 Å². The van der Waals surface area contributed by atoms with Crippen molar-refractivity contribution in [1.29, 1.82) is 0 Å². The molecule has 1 amide bonds. The molecule has 0 bridgehead atoms. The molecule has 46 heavy (non-hydrogen) atoms. The van der Waals surface area contributed by atoms with Gasteiger partial charge in [0.15, 0.2) is 10.6 Å². The van der Waals surface area contributed by atoms with Gasteiger partial charge in [0.1, 0.15) is 0 Å². The molecule has 0 saturated carbocycles. The van der Waals surface area contributed by atoms with Crippen LogP contribution in [0.4, 0.5) is 0 Å². The highest BCUT2D eigenvalue weighted by atomic mass is 35.6. The second kappa shape index (κ2) is 14.6. The zero-order chi connectivity index (χ0) is 32.3. The van der Waals surface area contributed by atoms with E-state index >= 15 is 0 Å². The molecule has 6 nitrogen and oxygen atoms in total. The second-order valence-electron chi connectivity index (χ2n) is 11.1. The van der Waals surface area contributed by atoms with Crippen LogP contribution in [0.2, 0.25) is 0 Å². The molecule has 0 spiro atoms. The van der Waals surface area contributed by atoms with Gasteiger partial charge < -0.3 is 19.9 Å². The largest absolute Gasteiger partial charge is 0.392 e. The molecule has 1 aliphatic rings. The molecule has 2 heterocycles. The minimum absolute atomic E-state index is 0.00657. The van der Waals surface area contributed by atoms with Gasteiger partial charge in [-0.3, -0.25) is 4.79 Å². The highest BCUT2D eigenvalue weighted by molar-refractivity contribution is 8.01. The maximum Gasteiger partial charge on any atom is 0.272 e. The van der Waals surface area contributed by atoms with Crippen molar-refractivity contribution >= 4 is 74.0 Å². The molecule has 11 heteroatoms. The number of fused-ring (bicyclic) bond motifs is 1. The number of nitrogens with one attached hydrogen (secondary N) is 1. The van der Waals surface area contributed by atoms with E-state index in [0.717, 1.165) is 49.0 Å². The van der Waals surface area contributed by atoms with Crippen LogP contribution in [-0.2, 0) is 27.4 Å². The molecule has 4 atom stereocenters. The number of para-hydroxylation sites is 1. The summed E-state index contributed by atoms with van der Waals surface area (Å²) in [6, 6.07) is 32.0. The smallest absolute Gasteiger partial charge is 0.272 e. The molecule has 1 saturated heterocycles. The van der Waals surface area contributed by atoms with Crippen LogP contribution in [0.5, 0.6) is 0 Å². The number of aromatic nitrogens is 1. The first-order chi connectivity index (χ1) is 22.2. The molecule has 238 valence electrons. The third-order valence-electron chi connectivity index (χ3n) is 7.92. The topological polar surface area (TPSA) is 80.7 Å². The fourth-order valence-electron chi connectivity index (χ4n) is 5.35. The average molecular weight is 714 g/mol. The Morgan fingerprint density at radius 1 is 0.913 bits per heavy atom. The van der Waals surface area contributed by atoms with Crippen LogP contribution in [0.25, 0.3) is 21.3 Å². The number of ether oxygens (including phenoxy) is 2. The number of alkyl halides is 3. The van der Waals surface area contributed by atoms with E-state index in [2.05, 4.69) is 18.3 Å². The van der Waals surface area contributed by atoms with Gasteiger partial charge in [-0.05, 0) is 46.0 Å². The van der Waals surface area contributed by atoms with Crippen LogP contribution in [0.1, 0.15) is 41.6 Å². The summed E-state index contributed by atoms with van der Waals surface area (Å²) < 4.78 is 13.5. The van der Waals surface area contributed by atoms with Crippen molar-refractivity contribution in [1.82, 2.24) is 10.3 Å². The lowest BCUT2D eigenvalue weighted by Crippen LogP contribution is -2.38. The molecular formula is C35H31Cl3N2O4S2. The quantitative estimate of drug-likeness (QED) is 0.117. The molecule has 2 N–H and O–H groups in total. The second-order valence-corrected chi connectivity index (χ2v) is 15.7. The van der Waals surface area contributed by atoms with E-state index in [1.807, 2.05) is 91.0 Å². The molecule has 0 radical (unpaired) electrons. The first-order valence-corrected chi connectivity index (χ1v) is 17.6. The normalized spacial score (nSPS) is 20.1. The minimum atomic E-state index is -2.01. The van der Waals surface area contributed by atoms with Gasteiger partial charge in [-0.25, -0.2) is 4.98 Å². The van der Waals surface area contributed by atoms with Crippen LogP contribution in [0.3, 0.4) is 0 Å². The Balaban J connectivity index is 1.20. The van der Waals surface area contributed by atoms with Gasteiger partial charge in [0, 0.05) is 23.8 Å². The Kier molecular flexibility index (Phi) is 10.6. The summed E-state index contributed by atoms with van der Waals surface area (Å²) in [7, 11) is 0. The van der Waals surface area contributed by atoms with Gasteiger partial charge in [0.05, 0.1) is 29.0 Å². The molecular weight excluding hydrogens is 683 g/mol. The molecule has 1 aliphatic heterocycles.